The number of carbonyl (C=O) groups is 1. The summed E-state index contributed by atoms with van der Waals surface area (Å²) in [6, 6.07) is 7.78. The van der Waals surface area contributed by atoms with Gasteiger partial charge in [-0.1, -0.05) is 31.0 Å². The summed E-state index contributed by atoms with van der Waals surface area (Å²) < 4.78 is 5.92. The Balaban J connectivity index is 1.85. The number of fused-ring (bicyclic) bond motifs is 1. The molecule has 1 N–H and O–H groups in total. The Hall–Kier alpha value is -1.85. The minimum Gasteiger partial charge on any atom is -0.451 e. The lowest BCUT2D eigenvalue weighted by Crippen LogP contribution is -2.38. The summed E-state index contributed by atoms with van der Waals surface area (Å²) >= 11 is 0. The zero-order chi connectivity index (χ0) is 18.0. The first-order chi connectivity index (χ1) is 12.0. The molecule has 0 radical (unpaired) electrons. The highest BCUT2D eigenvalue weighted by Crippen LogP contribution is 2.29. The molecular weight excluding hydrogens is 316 g/mol. The van der Waals surface area contributed by atoms with Gasteiger partial charge >= 0.3 is 0 Å². The van der Waals surface area contributed by atoms with Crippen LogP contribution in [0.1, 0.15) is 41.8 Å². The SMILES string of the molecule is CN(C)Cc1c(C(=O)N(C)CC2CCCCC2O)oc2ccccc12. The lowest BCUT2D eigenvalue weighted by atomic mass is 9.86. The Labute approximate surface area is 149 Å². The van der Waals surface area contributed by atoms with Crippen molar-refractivity contribution >= 4 is 16.9 Å². The number of aliphatic hydroxyl groups excluding tert-OH is 1. The zero-order valence-electron chi connectivity index (χ0n) is 15.4. The van der Waals surface area contributed by atoms with Crippen LogP contribution >= 0.6 is 0 Å². The second-order valence-electron chi connectivity index (χ2n) is 7.44. The average molecular weight is 344 g/mol. The third kappa shape index (κ3) is 3.88. The van der Waals surface area contributed by atoms with E-state index in [1.165, 1.54) is 0 Å². The van der Waals surface area contributed by atoms with Gasteiger partial charge in [-0.05, 0) is 33.0 Å². The number of amides is 1. The highest BCUT2D eigenvalue weighted by atomic mass is 16.3. The smallest absolute Gasteiger partial charge is 0.289 e. The van der Waals surface area contributed by atoms with Crippen LogP contribution in [0.2, 0.25) is 0 Å². The molecule has 2 aromatic rings. The van der Waals surface area contributed by atoms with Gasteiger partial charge in [-0.25, -0.2) is 0 Å². The van der Waals surface area contributed by atoms with Gasteiger partial charge in [0.25, 0.3) is 5.91 Å². The van der Waals surface area contributed by atoms with Crippen LogP contribution in [-0.4, -0.2) is 54.6 Å². The van der Waals surface area contributed by atoms with Crippen molar-refractivity contribution < 1.29 is 14.3 Å². The molecule has 5 nitrogen and oxygen atoms in total. The minimum absolute atomic E-state index is 0.106. The standard InChI is InChI=1S/C20H28N2O3/c1-21(2)13-16-15-9-5-7-11-18(15)25-19(16)20(24)22(3)12-14-8-4-6-10-17(14)23/h5,7,9,11,14,17,23H,4,6,8,10,12-13H2,1-3H3. The van der Waals surface area contributed by atoms with Crippen molar-refractivity contribution in [2.45, 2.75) is 38.3 Å². The summed E-state index contributed by atoms with van der Waals surface area (Å²) in [5, 5.41) is 11.2. The van der Waals surface area contributed by atoms with E-state index in [0.29, 0.717) is 18.8 Å². The van der Waals surface area contributed by atoms with Crippen molar-refractivity contribution in [3.63, 3.8) is 0 Å². The number of benzene rings is 1. The molecule has 1 amide bonds. The maximum absolute atomic E-state index is 13.0. The van der Waals surface area contributed by atoms with Crippen LogP contribution in [0.25, 0.3) is 11.0 Å². The van der Waals surface area contributed by atoms with E-state index in [-0.39, 0.29) is 17.9 Å². The summed E-state index contributed by atoms with van der Waals surface area (Å²) in [5.74, 6) is 0.470. The molecule has 1 heterocycles. The Kier molecular flexibility index (Phi) is 5.45. The third-order valence-corrected chi connectivity index (χ3v) is 5.09. The van der Waals surface area contributed by atoms with E-state index < -0.39 is 0 Å². The van der Waals surface area contributed by atoms with Gasteiger partial charge in [-0.2, -0.15) is 0 Å². The molecule has 2 unspecified atom stereocenters. The minimum atomic E-state index is -0.305. The molecule has 1 aliphatic rings. The number of hydrogen-bond acceptors (Lipinski definition) is 4. The number of para-hydroxylation sites is 1. The highest BCUT2D eigenvalue weighted by molar-refractivity contribution is 5.99. The van der Waals surface area contributed by atoms with Crippen LogP contribution in [0, 0.1) is 5.92 Å². The molecule has 1 aromatic heterocycles. The fourth-order valence-electron chi connectivity index (χ4n) is 3.75. The van der Waals surface area contributed by atoms with Crippen molar-refractivity contribution in [1.29, 1.82) is 0 Å². The Morgan fingerprint density at radius 1 is 1.20 bits per heavy atom. The second kappa shape index (κ2) is 7.58. The molecule has 0 saturated heterocycles. The molecule has 1 saturated carbocycles. The van der Waals surface area contributed by atoms with Gasteiger partial charge in [-0.15, -0.1) is 0 Å². The Morgan fingerprint density at radius 3 is 2.64 bits per heavy atom. The predicted molar refractivity (Wildman–Crippen MR) is 98.5 cm³/mol. The van der Waals surface area contributed by atoms with Gasteiger partial charge in [0, 0.05) is 37.0 Å². The van der Waals surface area contributed by atoms with Crippen LogP contribution < -0.4 is 0 Å². The first-order valence-corrected chi connectivity index (χ1v) is 9.06. The summed E-state index contributed by atoms with van der Waals surface area (Å²) in [4.78, 5) is 16.8. The lowest BCUT2D eigenvalue weighted by molar-refractivity contribution is 0.0437. The molecule has 3 rings (SSSR count). The second-order valence-corrected chi connectivity index (χ2v) is 7.44. The van der Waals surface area contributed by atoms with Gasteiger partial charge in [0.05, 0.1) is 6.10 Å². The van der Waals surface area contributed by atoms with Gasteiger partial charge in [0.1, 0.15) is 5.58 Å². The van der Waals surface area contributed by atoms with E-state index in [1.54, 1.807) is 11.9 Å². The van der Waals surface area contributed by atoms with Crippen LogP contribution in [0.3, 0.4) is 0 Å². The maximum atomic E-state index is 13.0. The first kappa shape index (κ1) is 18.0. The average Bonchev–Trinajstić information content (AvgIpc) is 2.94. The Morgan fingerprint density at radius 2 is 1.92 bits per heavy atom. The molecule has 5 heteroatoms. The molecule has 1 fully saturated rings. The topological polar surface area (TPSA) is 56.9 Å². The van der Waals surface area contributed by atoms with E-state index in [0.717, 1.165) is 42.2 Å². The van der Waals surface area contributed by atoms with Crippen LogP contribution in [0.15, 0.2) is 28.7 Å². The van der Waals surface area contributed by atoms with Crippen molar-refractivity contribution in [3.8, 4) is 0 Å². The molecule has 25 heavy (non-hydrogen) atoms. The summed E-state index contributed by atoms with van der Waals surface area (Å²) in [7, 11) is 5.77. The number of furan rings is 1. The fourth-order valence-corrected chi connectivity index (χ4v) is 3.75. The molecule has 0 spiro atoms. The van der Waals surface area contributed by atoms with E-state index in [4.69, 9.17) is 4.42 Å². The number of nitrogens with zero attached hydrogens (tertiary/aromatic N) is 2. The monoisotopic (exact) mass is 344 g/mol. The van der Waals surface area contributed by atoms with E-state index >= 15 is 0 Å². The van der Waals surface area contributed by atoms with Crippen LogP contribution in [0.4, 0.5) is 0 Å². The number of hydrogen-bond donors (Lipinski definition) is 1. The third-order valence-electron chi connectivity index (χ3n) is 5.09. The molecule has 1 aromatic carbocycles. The van der Waals surface area contributed by atoms with E-state index in [2.05, 4.69) is 0 Å². The van der Waals surface area contributed by atoms with Crippen LogP contribution in [0.5, 0.6) is 0 Å². The summed E-state index contributed by atoms with van der Waals surface area (Å²) in [6.45, 7) is 1.22. The fraction of sp³-hybridized carbons (Fsp3) is 0.550. The number of rotatable bonds is 5. The molecule has 2 atom stereocenters. The van der Waals surface area contributed by atoms with Gasteiger partial charge in [0.15, 0.2) is 5.76 Å². The first-order valence-electron chi connectivity index (χ1n) is 9.06. The van der Waals surface area contributed by atoms with Crippen molar-refractivity contribution in [1.82, 2.24) is 9.80 Å². The number of carbonyl (C=O) groups excluding carboxylic acids is 1. The largest absolute Gasteiger partial charge is 0.451 e. The quantitative estimate of drug-likeness (QED) is 0.905. The molecule has 0 bridgehead atoms. The normalized spacial score (nSPS) is 21.0. The van der Waals surface area contributed by atoms with Crippen molar-refractivity contribution in [2.75, 3.05) is 27.7 Å². The summed E-state index contributed by atoms with van der Waals surface area (Å²) in [5.41, 5.74) is 1.68. The predicted octanol–water partition coefficient (Wildman–Crippen LogP) is 3.12. The van der Waals surface area contributed by atoms with E-state index in [1.807, 2.05) is 43.3 Å². The summed E-state index contributed by atoms with van der Waals surface area (Å²) in [6.07, 6.45) is 3.71. The molecular formula is C20H28N2O3. The van der Waals surface area contributed by atoms with Crippen molar-refractivity contribution in [3.05, 3.63) is 35.6 Å². The van der Waals surface area contributed by atoms with Crippen LogP contribution in [-0.2, 0) is 6.54 Å². The highest BCUT2D eigenvalue weighted by Gasteiger charge is 2.28. The van der Waals surface area contributed by atoms with Gasteiger partial charge in [0.2, 0.25) is 0 Å². The van der Waals surface area contributed by atoms with Gasteiger partial charge < -0.3 is 19.3 Å². The zero-order valence-corrected chi connectivity index (χ0v) is 15.4. The maximum Gasteiger partial charge on any atom is 0.289 e. The Bertz CT molecular complexity index is 738. The molecule has 136 valence electrons. The van der Waals surface area contributed by atoms with Crippen molar-refractivity contribution in [2.24, 2.45) is 5.92 Å². The molecule has 0 aliphatic heterocycles. The van der Waals surface area contributed by atoms with Gasteiger partial charge in [-0.3, -0.25) is 4.79 Å². The molecule has 1 aliphatic carbocycles. The lowest BCUT2D eigenvalue weighted by Gasteiger charge is -2.31. The van der Waals surface area contributed by atoms with E-state index in [9.17, 15) is 9.90 Å². The number of aliphatic hydroxyl groups is 1.